The molecule has 0 unspecified atom stereocenters. The number of rotatable bonds is 9. The molecule has 1 aliphatic carbocycles. The number of amides is 1. The Morgan fingerprint density at radius 1 is 1.23 bits per heavy atom. The molecule has 0 bridgehead atoms. The molecule has 1 amide bonds. The Morgan fingerprint density at radius 3 is 2.93 bits per heavy atom. The summed E-state index contributed by atoms with van der Waals surface area (Å²) in [6.07, 6.45) is 5.66. The Morgan fingerprint density at radius 2 is 2.09 bits per heavy atom. The van der Waals surface area contributed by atoms with Gasteiger partial charge in [-0.25, -0.2) is 18.4 Å². The van der Waals surface area contributed by atoms with Crippen LogP contribution >= 0.6 is 0 Å². The Kier molecular flexibility index (Phi) is 8.02. The van der Waals surface area contributed by atoms with Crippen LogP contribution in [0.4, 0.5) is 31.9 Å². The standard InChI is InChI=1S/C30H31F2N9O2/c1-2-11-41-23-14-20(9-10-22(23)38-39-41)35-30-34-15-24(40-12-5-7-19(17-40)29(43)33-16-26(31)32)28(37-30)36-27-21-8-4-3-6-18(21)13-25(27)42/h1,3-4,6,8-10,14-15,19,25-27,42H,5,7,11-13,16-17H2,(H,33,43)(H2,34,35,36,37)/t19-,25+,27-/m0/s1. The van der Waals surface area contributed by atoms with Crippen molar-refractivity contribution in [3.05, 3.63) is 59.8 Å². The van der Waals surface area contributed by atoms with Gasteiger partial charge in [0.15, 0.2) is 5.82 Å². The largest absolute Gasteiger partial charge is 0.390 e. The predicted molar refractivity (Wildman–Crippen MR) is 158 cm³/mol. The number of aromatic nitrogens is 5. The summed E-state index contributed by atoms with van der Waals surface area (Å²) in [7, 11) is 0. The van der Waals surface area contributed by atoms with Gasteiger partial charge in [-0.2, -0.15) is 4.98 Å². The summed E-state index contributed by atoms with van der Waals surface area (Å²) in [5.41, 5.74) is 4.85. The normalized spacial score (nSPS) is 19.7. The zero-order valence-corrected chi connectivity index (χ0v) is 23.2. The summed E-state index contributed by atoms with van der Waals surface area (Å²) >= 11 is 0. The predicted octanol–water partition coefficient (Wildman–Crippen LogP) is 3.27. The van der Waals surface area contributed by atoms with Crippen LogP contribution in [0.15, 0.2) is 48.7 Å². The van der Waals surface area contributed by atoms with Crippen molar-refractivity contribution in [2.45, 2.75) is 44.4 Å². The summed E-state index contributed by atoms with van der Waals surface area (Å²) in [6, 6.07) is 13.0. The SMILES string of the molecule is C#CCn1nnc2ccc(Nc3ncc(N4CCC[C@H](C(=O)NCC(F)F)C4)c(N[C@H]4c5ccccc5C[C@H]4O)n3)cc21. The van der Waals surface area contributed by atoms with Crippen LogP contribution in [0, 0.1) is 18.3 Å². The monoisotopic (exact) mass is 587 g/mol. The zero-order valence-electron chi connectivity index (χ0n) is 23.2. The minimum atomic E-state index is -2.61. The van der Waals surface area contributed by atoms with Gasteiger partial charge in [-0.05, 0) is 42.2 Å². The van der Waals surface area contributed by atoms with E-state index in [2.05, 4.69) is 37.2 Å². The number of alkyl halides is 2. The van der Waals surface area contributed by atoms with E-state index in [9.17, 15) is 18.7 Å². The van der Waals surface area contributed by atoms with Crippen LogP contribution < -0.4 is 20.9 Å². The number of halogens is 2. The number of piperidine rings is 1. The maximum Gasteiger partial charge on any atom is 0.255 e. The molecule has 2 aromatic heterocycles. The lowest BCUT2D eigenvalue weighted by atomic mass is 9.96. The number of aliphatic hydroxyl groups excluding tert-OH is 1. The molecule has 3 heterocycles. The highest BCUT2D eigenvalue weighted by molar-refractivity contribution is 5.81. The van der Waals surface area contributed by atoms with Crippen LogP contribution in [0.25, 0.3) is 11.0 Å². The summed E-state index contributed by atoms with van der Waals surface area (Å²) in [5, 5.41) is 28.2. The van der Waals surface area contributed by atoms with Gasteiger partial charge in [0.05, 0.1) is 42.0 Å². The Hall–Kier alpha value is -4.83. The van der Waals surface area contributed by atoms with Crippen LogP contribution in [0.1, 0.15) is 30.0 Å². The molecule has 2 aliphatic rings. The van der Waals surface area contributed by atoms with Crippen molar-refractivity contribution in [3.8, 4) is 12.3 Å². The smallest absolute Gasteiger partial charge is 0.255 e. The number of anilines is 4. The maximum absolute atomic E-state index is 12.7. The van der Waals surface area contributed by atoms with E-state index in [0.717, 1.165) is 16.6 Å². The molecular formula is C30H31F2N9O2. The highest BCUT2D eigenvalue weighted by Gasteiger charge is 2.33. The lowest BCUT2D eigenvalue weighted by Crippen LogP contribution is -2.44. The fourth-order valence-corrected chi connectivity index (χ4v) is 5.78. The molecule has 222 valence electrons. The van der Waals surface area contributed by atoms with Crippen molar-refractivity contribution in [1.82, 2.24) is 30.3 Å². The zero-order chi connectivity index (χ0) is 29.9. The number of carbonyl (C=O) groups is 1. The van der Waals surface area contributed by atoms with Crippen molar-refractivity contribution in [2.24, 2.45) is 5.92 Å². The first-order valence-electron chi connectivity index (χ1n) is 14.1. The number of carbonyl (C=O) groups excluding carboxylic acids is 1. The van der Waals surface area contributed by atoms with Crippen LogP contribution in [-0.2, 0) is 17.8 Å². The molecule has 0 spiro atoms. The maximum atomic E-state index is 12.7. The topological polar surface area (TPSA) is 133 Å². The third kappa shape index (κ3) is 6.05. The van der Waals surface area contributed by atoms with Crippen molar-refractivity contribution in [3.63, 3.8) is 0 Å². The number of hydrogen-bond donors (Lipinski definition) is 4. The fourth-order valence-electron chi connectivity index (χ4n) is 5.78. The second-order valence-electron chi connectivity index (χ2n) is 10.7. The lowest BCUT2D eigenvalue weighted by molar-refractivity contribution is -0.125. The molecule has 1 aliphatic heterocycles. The highest BCUT2D eigenvalue weighted by atomic mass is 19.3. The molecule has 13 heteroatoms. The van der Waals surface area contributed by atoms with Crippen LogP contribution in [-0.4, -0.2) is 68.1 Å². The van der Waals surface area contributed by atoms with Crippen molar-refractivity contribution in [1.29, 1.82) is 0 Å². The quantitative estimate of drug-likeness (QED) is 0.218. The van der Waals surface area contributed by atoms with E-state index in [4.69, 9.17) is 11.4 Å². The average molecular weight is 588 g/mol. The van der Waals surface area contributed by atoms with E-state index >= 15 is 0 Å². The second-order valence-corrected chi connectivity index (χ2v) is 10.7. The van der Waals surface area contributed by atoms with Crippen molar-refractivity contribution in [2.75, 3.05) is 35.2 Å². The van der Waals surface area contributed by atoms with E-state index in [1.54, 1.807) is 10.9 Å². The van der Waals surface area contributed by atoms with Gasteiger partial charge in [-0.1, -0.05) is 35.4 Å². The van der Waals surface area contributed by atoms with Crippen LogP contribution in [0.2, 0.25) is 0 Å². The Balaban J connectivity index is 1.30. The first-order valence-corrected chi connectivity index (χ1v) is 14.1. The first-order chi connectivity index (χ1) is 20.9. The van der Waals surface area contributed by atoms with Crippen molar-refractivity contribution < 1.29 is 18.7 Å². The van der Waals surface area contributed by atoms with Gasteiger partial charge >= 0.3 is 0 Å². The molecule has 43 heavy (non-hydrogen) atoms. The van der Waals surface area contributed by atoms with Crippen LogP contribution in [0.5, 0.6) is 0 Å². The van der Waals surface area contributed by atoms with Gasteiger partial charge < -0.3 is 26.0 Å². The first kappa shape index (κ1) is 28.3. The Bertz CT molecular complexity index is 1670. The molecule has 1 fully saturated rings. The number of terminal acetylenes is 1. The van der Waals surface area contributed by atoms with E-state index in [0.29, 0.717) is 61.0 Å². The minimum Gasteiger partial charge on any atom is -0.390 e. The average Bonchev–Trinajstić information content (AvgIpc) is 3.55. The van der Waals surface area contributed by atoms with E-state index < -0.39 is 36.9 Å². The number of benzene rings is 2. The summed E-state index contributed by atoms with van der Waals surface area (Å²) in [4.78, 5) is 24.0. The molecule has 3 atom stereocenters. The third-order valence-electron chi connectivity index (χ3n) is 7.84. The fraction of sp³-hybridized carbons (Fsp3) is 0.367. The molecule has 0 radical (unpaired) electrons. The van der Waals surface area contributed by atoms with Crippen LogP contribution in [0.3, 0.4) is 0 Å². The highest BCUT2D eigenvalue weighted by Crippen LogP contribution is 2.37. The molecule has 0 saturated carbocycles. The molecule has 1 saturated heterocycles. The summed E-state index contributed by atoms with van der Waals surface area (Å²) < 4.78 is 27.0. The van der Waals surface area contributed by atoms with Gasteiger partial charge in [0.2, 0.25) is 11.9 Å². The molecule has 4 aromatic rings. The van der Waals surface area contributed by atoms with E-state index in [1.807, 2.05) is 47.4 Å². The number of nitrogens with zero attached hydrogens (tertiary/aromatic N) is 6. The number of hydrogen-bond acceptors (Lipinski definition) is 9. The third-order valence-corrected chi connectivity index (χ3v) is 7.84. The summed E-state index contributed by atoms with van der Waals surface area (Å²) in [5.74, 6) is 2.51. The number of fused-ring (bicyclic) bond motifs is 2. The van der Waals surface area contributed by atoms with Gasteiger partial charge in [0, 0.05) is 25.2 Å². The minimum absolute atomic E-state index is 0.279. The second kappa shape index (κ2) is 12.2. The van der Waals surface area contributed by atoms with E-state index in [1.165, 1.54) is 0 Å². The van der Waals surface area contributed by atoms with Gasteiger partial charge in [0.1, 0.15) is 12.1 Å². The number of nitrogens with one attached hydrogen (secondary N) is 3. The van der Waals surface area contributed by atoms with Gasteiger partial charge in [0.25, 0.3) is 6.43 Å². The lowest BCUT2D eigenvalue weighted by Gasteiger charge is -2.35. The Labute approximate surface area is 246 Å². The van der Waals surface area contributed by atoms with Gasteiger partial charge in [-0.15, -0.1) is 11.5 Å². The molecule has 2 aromatic carbocycles. The van der Waals surface area contributed by atoms with Crippen molar-refractivity contribution >= 4 is 40.1 Å². The summed E-state index contributed by atoms with van der Waals surface area (Å²) in [6.45, 7) is 0.569. The molecule has 11 nitrogen and oxygen atoms in total. The molecular weight excluding hydrogens is 556 g/mol. The molecule has 6 rings (SSSR count). The van der Waals surface area contributed by atoms with Gasteiger partial charge in [-0.3, -0.25) is 4.79 Å². The van der Waals surface area contributed by atoms with E-state index in [-0.39, 0.29) is 6.54 Å². The number of aliphatic hydroxyl groups is 1. The molecule has 4 N–H and O–H groups in total.